The van der Waals surface area contributed by atoms with Gasteiger partial charge in [0.2, 0.25) is 0 Å². The molecule has 100 valence electrons. The number of nitrogens with zero attached hydrogens (tertiary/aromatic N) is 1. The molecule has 0 spiro atoms. The number of benzene rings is 1. The van der Waals surface area contributed by atoms with Crippen LogP contribution >= 0.6 is 0 Å². The first-order valence-corrected chi connectivity index (χ1v) is 6.49. The third-order valence-corrected chi connectivity index (χ3v) is 3.06. The molecule has 3 heteroatoms. The molecule has 0 N–H and O–H groups in total. The van der Waals surface area contributed by atoms with Gasteiger partial charge in [0.25, 0.3) is 0 Å². The lowest BCUT2D eigenvalue weighted by Crippen LogP contribution is -2.41. The minimum absolute atomic E-state index is 0.0532. The van der Waals surface area contributed by atoms with Crippen LogP contribution in [-0.4, -0.2) is 29.8 Å². The van der Waals surface area contributed by atoms with Gasteiger partial charge in [0.15, 0.2) is 5.78 Å². The minimum Gasteiger partial charge on any atom is -0.294 e. The number of Topliss-reactive ketones (excluding diaryl/α,β-unsaturated/α-hetero) is 1. The average Bonchev–Trinajstić information content (AvgIpc) is 2.35. The van der Waals surface area contributed by atoms with Crippen LogP contribution in [0.15, 0.2) is 24.3 Å². The molecule has 1 aromatic rings. The van der Waals surface area contributed by atoms with E-state index in [2.05, 4.69) is 25.7 Å². The molecule has 0 saturated heterocycles. The lowest BCUT2D eigenvalue weighted by Gasteiger charge is -2.28. The van der Waals surface area contributed by atoms with E-state index in [4.69, 9.17) is 0 Å². The summed E-state index contributed by atoms with van der Waals surface area (Å²) < 4.78 is 12.8. The zero-order chi connectivity index (χ0) is 13.7. The maximum atomic E-state index is 12.8. The number of carbonyl (C=O) groups is 1. The minimum atomic E-state index is -0.311. The Morgan fingerprint density at radius 3 is 2.22 bits per heavy atom. The molecule has 0 aromatic heterocycles. The third-order valence-electron chi connectivity index (χ3n) is 3.06. The third kappa shape index (κ3) is 3.91. The van der Waals surface area contributed by atoms with Crippen molar-refractivity contribution in [2.45, 2.75) is 33.7 Å². The Bertz CT molecular complexity index is 386. The van der Waals surface area contributed by atoms with Gasteiger partial charge in [-0.15, -0.1) is 0 Å². The fourth-order valence-electron chi connectivity index (χ4n) is 2.05. The van der Waals surface area contributed by atoms with Crippen molar-refractivity contribution in [1.82, 2.24) is 4.90 Å². The summed E-state index contributed by atoms with van der Waals surface area (Å²) in [7, 11) is 0. The van der Waals surface area contributed by atoms with E-state index in [-0.39, 0.29) is 17.6 Å². The molecule has 1 unspecified atom stereocenters. The molecule has 0 fully saturated rings. The Kier molecular flexibility index (Phi) is 5.48. The second kappa shape index (κ2) is 6.64. The van der Waals surface area contributed by atoms with E-state index in [0.29, 0.717) is 11.5 Å². The highest BCUT2D eigenvalue weighted by atomic mass is 19.1. The Labute approximate surface area is 109 Å². The molecule has 0 aliphatic rings. The lowest BCUT2D eigenvalue weighted by molar-refractivity contribution is 0.0829. The number of ketones is 1. The van der Waals surface area contributed by atoms with E-state index < -0.39 is 0 Å². The van der Waals surface area contributed by atoms with Crippen molar-refractivity contribution in [3.8, 4) is 0 Å². The summed E-state index contributed by atoms with van der Waals surface area (Å²) in [6.07, 6.45) is 0. The van der Waals surface area contributed by atoms with Gasteiger partial charge in [-0.3, -0.25) is 9.69 Å². The molecule has 0 bridgehead atoms. The van der Waals surface area contributed by atoms with Crippen LogP contribution in [-0.2, 0) is 0 Å². The quantitative estimate of drug-likeness (QED) is 0.722. The fourth-order valence-corrected chi connectivity index (χ4v) is 2.05. The molecule has 1 atom stereocenters. The van der Waals surface area contributed by atoms with Crippen LogP contribution in [0.1, 0.15) is 38.1 Å². The predicted octanol–water partition coefficient (Wildman–Crippen LogP) is 3.37. The van der Waals surface area contributed by atoms with E-state index in [0.717, 1.165) is 13.1 Å². The normalized spacial score (nSPS) is 13.1. The topological polar surface area (TPSA) is 20.3 Å². The van der Waals surface area contributed by atoms with Crippen LogP contribution in [0.5, 0.6) is 0 Å². The number of carbonyl (C=O) groups excluding carboxylic acids is 1. The lowest BCUT2D eigenvalue weighted by atomic mass is 10.0. The number of halogens is 1. The maximum absolute atomic E-state index is 12.8. The van der Waals surface area contributed by atoms with Crippen LogP contribution in [0.2, 0.25) is 0 Å². The van der Waals surface area contributed by atoms with Gasteiger partial charge >= 0.3 is 0 Å². The first kappa shape index (κ1) is 14.8. The largest absolute Gasteiger partial charge is 0.294 e. The number of rotatable bonds is 6. The highest BCUT2D eigenvalue weighted by Gasteiger charge is 2.21. The van der Waals surface area contributed by atoms with Crippen LogP contribution in [0.4, 0.5) is 4.39 Å². The van der Waals surface area contributed by atoms with Crippen LogP contribution in [0.3, 0.4) is 0 Å². The zero-order valence-corrected chi connectivity index (χ0v) is 11.6. The highest BCUT2D eigenvalue weighted by Crippen LogP contribution is 2.12. The van der Waals surface area contributed by atoms with Crippen molar-refractivity contribution in [3.05, 3.63) is 35.6 Å². The number of hydrogen-bond acceptors (Lipinski definition) is 2. The molecular formula is C15H22FNO. The Balaban J connectivity index is 2.78. The maximum Gasteiger partial charge on any atom is 0.179 e. The van der Waals surface area contributed by atoms with Crippen molar-refractivity contribution in [2.75, 3.05) is 13.1 Å². The van der Waals surface area contributed by atoms with Gasteiger partial charge in [-0.2, -0.15) is 0 Å². The highest BCUT2D eigenvalue weighted by molar-refractivity contribution is 5.99. The molecule has 18 heavy (non-hydrogen) atoms. The van der Waals surface area contributed by atoms with E-state index in [1.54, 1.807) is 12.1 Å². The molecule has 1 rings (SSSR count). The monoisotopic (exact) mass is 251 g/mol. The van der Waals surface area contributed by atoms with Gasteiger partial charge in [0, 0.05) is 12.1 Å². The summed E-state index contributed by atoms with van der Waals surface area (Å²) in [6.45, 7) is 9.97. The SMILES string of the molecule is CCN(CC(C)C)C(C)C(=O)c1ccc(F)cc1. The second-order valence-corrected chi connectivity index (χ2v) is 5.03. The summed E-state index contributed by atoms with van der Waals surface area (Å²) >= 11 is 0. The second-order valence-electron chi connectivity index (χ2n) is 5.03. The van der Waals surface area contributed by atoms with Gasteiger partial charge in [0.05, 0.1) is 6.04 Å². The molecular weight excluding hydrogens is 229 g/mol. The Morgan fingerprint density at radius 1 is 1.22 bits per heavy atom. The van der Waals surface area contributed by atoms with Gasteiger partial charge in [-0.1, -0.05) is 20.8 Å². The van der Waals surface area contributed by atoms with Crippen LogP contribution in [0.25, 0.3) is 0 Å². The van der Waals surface area contributed by atoms with E-state index in [1.807, 2.05) is 6.92 Å². The first-order chi connectivity index (χ1) is 8.45. The van der Waals surface area contributed by atoms with E-state index in [1.165, 1.54) is 12.1 Å². The summed E-state index contributed by atoms with van der Waals surface area (Å²) in [5.74, 6) is 0.264. The Morgan fingerprint density at radius 2 is 1.78 bits per heavy atom. The fraction of sp³-hybridized carbons (Fsp3) is 0.533. The molecule has 0 aliphatic carbocycles. The smallest absolute Gasteiger partial charge is 0.179 e. The van der Waals surface area contributed by atoms with Crippen molar-refractivity contribution in [1.29, 1.82) is 0 Å². The first-order valence-electron chi connectivity index (χ1n) is 6.49. The van der Waals surface area contributed by atoms with E-state index >= 15 is 0 Å². The zero-order valence-electron chi connectivity index (χ0n) is 11.6. The van der Waals surface area contributed by atoms with Gasteiger partial charge < -0.3 is 0 Å². The molecule has 1 aromatic carbocycles. The molecule has 0 saturated carbocycles. The summed E-state index contributed by atoms with van der Waals surface area (Å²) in [5, 5.41) is 0. The number of likely N-dealkylation sites (N-methyl/N-ethyl adjacent to an activating group) is 1. The van der Waals surface area contributed by atoms with Crippen LogP contribution < -0.4 is 0 Å². The summed E-state index contributed by atoms with van der Waals surface area (Å²) in [4.78, 5) is 14.4. The van der Waals surface area contributed by atoms with Crippen molar-refractivity contribution in [3.63, 3.8) is 0 Å². The van der Waals surface area contributed by atoms with Gasteiger partial charge in [-0.25, -0.2) is 4.39 Å². The standard InChI is InChI=1S/C15H22FNO/c1-5-17(10-11(2)3)12(4)15(18)13-6-8-14(16)9-7-13/h6-9,11-12H,5,10H2,1-4H3. The van der Waals surface area contributed by atoms with Crippen molar-refractivity contribution in [2.24, 2.45) is 5.92 Å². The molecule has 2 nitrogen and oxygen atoms in total. The summed E-state index contributed by atoms with van der Waals surface area (Å²) in [6, 6.07) is 5.61. The van der Waals surface area contributed by atoms with Crippen LogP contribution in [0, 0.1) is 11.7 Å². The molecule has 0 aliphatic heterocycles. The van der Waals surface area contributed by atoms with Crippen molar-refractivity contribution >= 4 is 5.78 Å². The predicted molar refractivity (Wildman–Crippen MR) is 72.3 cm³/mol. The van der Waals surface area contributed by atoms with Gasteiger partial charge in [-0.05, 0) is 43.7 Å². The molecule has 0 radical (unpaired) electrons. The van der Waals surface area contributed by atoms with E-state index in [9.17, 15) is 9.18 Å². The average molecular weight is 251 g/mol. The summed E-state index contributed by atoms with van der Waals surface area (Å²) in [5.41, 5.74) is 0.575. The molecule has 0 amide bonds. The molecule has 0 heterocycles. The Hall–Kier alpha value is -1.22. The van der Waals surface area contributed by atoms with Crippen molar-refractivity contribution < 1.29 is 9.18 Å². The number of hydrogen-bond donors (Lipinski definition) is 0. The van der Waals surface area contributed by atoms with Gasteiger partial charge in [0.1, 0.15) is 5.82 Å².